The molecule has 2 aromatic rings. The lowest BCUT2D eigenvalue weighted by molar-refractivity contribution is 0.241. The average molecular weight is 311 g/mol. The monoisotopic (exact) mass is 310 g/mol. The summed E-state index contributed by atoms with van der Waals surface area (Å²) in [7, 11) is 0. The first-order valence-electron chi connectivity index (χ1n) is 5.77. The van der Waals surface area contributed by atoms with E-state index in [1.807, 2.05) is 39.0 Å². The number of aryl methyl sites for hydroxylation is 1. The Balaban J connectivity index is 2.04. The number of ether oxygens (including phenoxy) is 1. The molecule has 0 radical (unpaired) electrons. The van der Waals surface area contributed by atoms with Crippen molar-refractivity contribution in [2.75, 3.05) is 0 Å². The molecule has 18 heavy (non-hydrogen) atoms. The number of halogens is 1. The first kappa shape index (κ1) is 13.1. The topological polar surface area (TPSA) is 48.2 Å². The largest absolute Gasteiger partial charge is 0.483 e. The summed E-state index contributed by atoms with van der Waals surface area (Å²) in [6, 6.07) is 5.90. The van der Waals surface area contributed by atoms with Crippen LogP contribution in [-0.2, 0) is 6.61 Å². The minimum Gasteiger partial charge on any atom is -0.483 e. The average Bonchev–Trinajstić information content (AvgIpc) is 2.79. The summed E-state index contributed by atoms with van der Waals surface area (Å²) in [5.41, 5.74) is 1.07. The second-order valence-electron chi connectivity index (χ2n) is 4.40. The Kier molecular flexibility index (Phi) is 4.01. The zero-order valence-electron chi connectivity index (χ0n) is 10.6. The number of hydrogen-bond donors (Lipinski definition) is 0. The second-order valence-corrected chi connectivity index (χ2v) is 5.32. The van der Waals surface area contributed by atoms with E-state index in [2.05, 4.69) is 26.1 Å². The summed E-state index contributed by atoms with van der Waals surface area (Å²) in [5, 5.41) is 3.89. The molecule has 96 valence electrons. The number of nitrogens with zero attached hydrogens (tertiary/aromatic N) is 2. The highest BCUT2D eigenvalue weighted by atomic mass is 79.9. The van der Waals surface area contributed by atoms with Crippen LogP contribution < -0.4 is 4.74 Å². The normalized spacial score (nSPS) is 10.9. The fourth-order valence-electron chi connectivity index (χ4n) is 1.43. The van der Waals surface area contributed by atoms with Crippen LogP contribution >= 0.6 is 15.9 Å². The van der Waals surface area contributed by atoms with Gasteiger partial charge in [0.1, 0.15) is 5.75 Å². The molecule has 0 spiro atoms. The van der Waals surface area contributed by atoms with Gasteiger partial charge in [0.2, 0.25) is 0 Å². The van der Waals surface area contributed by atoms with Crippen molar-refractivity contribution in [3.63, 3.8) is 0 Å². The highest BCUT2D eigenvalue weighted by Gasteiger charge is 2.10. The zero-order valence-corrected chi connectivity index (χ0v) is 12.2. The molecule has 0 saturated heterocycles. The van der Waals surface area contributed by atoms with E-state index in [0.717, 1.165) is 15.8 Å². The molecule has 1 aromatic carbocycles. The maximum absolute atomic E-state index is 5.67. The third-order valence-corrected chi connectivity index (χ3v) is 2.99. The van der Waals surface area contributed by atoms with Crippen LogP contribution in [0.5, 0.6) is 5.75 Å². The Morgan fingerprint density at radius 1 is 1.39 bits per heavy atom. The standard InChI is InChI=1S/C13H15BrN2O2/c1-8(2)13-15-12(18-16-13)7-17-11-6-10(14)5-4-9(11)3/h4-6,8H,7H2,1-3H3. The summed E-state index contributed by atoms with van der Waals surface area (Å²) in [5.74, 6) is 2.28. The van der Waals surface area contributed by atoms with Crippen molar-refractivity contribution in [2.24, 2.45) is 0 Å². The van der Waals surface area contributed by atoms with E-state index in [1.165, 1.54) is 0 Å². The van der Waals surface area contributed by atoms with Gasteiger partial charge in [0.15, 0.2) is 12.4 Å². The summed E-state index contributed by atoms with van der Waals surface area (Å²) in [4.78, 5) is 4.26. The molecular weight excluding hydrogens is 296 g/mol. The maximum Gasteiger partial charge on any atom is 0.264 e. The Labute approximate surface area is 114 Å². The predicted octanol–water partition coefficient (Wildman–Crippen LogP) is 3.84. The molecule has 0 N–H and O–H groups in total. The van der Waals surface area contributed by atoms with Crippen LogP contribution in [-0.4, -0.2) is 10.1 Å². The van der Waals surface area contributed by atoms with Crippen molar-refractivity contribution in [3.8, 4) is 5.75 Å². The van der Waals surface area contributed by atoms with Crippen LogP contribution in [0.4, 0.5) is 0 Å². The van der Waals surface area contributed by atoms with Crippen molar-refractivity contribution in [2.45, 2.75) is 33.3 Å². The lowest BCUT2D eigenvalue weighted by Crippen LogP contribution is -1.98. The van der Waals surface area contributed by atoms with Crippen LogP contribution in [0.3, 0.4) is 0 Å². The van der Waals surface area contributed by atoms with E-state index >= 15 is 0 Å². The molecule has 1 aromatic heterocycles. The predicted molar refractivity (Wildman–Crippen MR) is 71.6 cm³/mol. The van der Waals surface area contributed by atoms with E-state index in [1.54, 1.807) is 0 Å². The quantitative estimate of drug-likeness (QED) is 0.860. The molecule has 2 rings (SSSR count). The van der Waals surface area contributed by atoms with Crippen molar-refractivity contribution < 1.29 is 9.26 Å². The van der Waals surface area contributed by atoms with Crippen LogP contribution in [0, 0.1) is 6.92 Å². The van der Waals surface area contributed by atoms with Gasteiger partial charge in [-0.3, -0.25) is 0 Å². The molecule has 0 aliphatic rings. The molecule has 5 heteroatoms. The molecule has 4 nitrogen and oxygen atoms in total. The molecule has 0 aliphatic heterocycles. The van der Waals surface area contributed by atoms with Gasteiger partial charge in [-0.05, 0) is 24.6 Å². The minimum atomic E-state index is 0.259. The SMILES string of the molecule is Cc1ccc(Br)cc1OCc1nc(C(C)C)no1. The highest BCUT2D eigenvalue weighted by Crippen LogP contribution is 2.23. The van der Waals surface area contributed by atoms with E-state index < -0.39 is 0 Å². The third kappa shape index (κ3) is 3.10. The number of rotatable bonds is 4. The van der Waals surface area contributed by atoms with Gasteiger partial charge in [0.25, 0.3) is 5.89 Å². The Morgan fingerprint density at radius 3 is 2.83 bits per heavy atom. The van der Waals surface area contributed by atoms with Gasteiger partial charge in [0.05, 0.1) is 0 Å². The number of aromatic nitrogens is 2. The van der Waals surface area contributed by atoms with Crippen LogP contribution in [0.1, 0.15) is 37.0 Å². The zero-order chi connectivity index (χ0) is 13.1. The Hall–Kier alpha value is -1.36. The highest BCUT2D eigenvalue weighted by molar-refractivity contribution is 9.10. The molecule has 0 fully saturated rings. The fourth-order valence-corrected chi connectivity index (χ4v) is 1.77. The Bertz CT molecular complexity index is 538. The van der Waals surface area contributed by atoms with E-state index in [9.17, 15) is 0 Å². The van der Waals surface area contributed by atoms with Crippen LogP contribution in [0.25, 0.3) is 0 Å². The fraction of sp³-hybridized carbons (Fsp3) is 0.385. The van der Waals surface area contributed by atoms with Gasteiger partial charge in [-0.25, -0.2) is 0 Å². The van der Waals surface area contributed by atoms with Crippen molar-refractivity contribution in [1.29, 1.82) is 0 Å². The van der Waals surface area contributed by atoms with E-state index in [4.69, 9.17) is 9.26 Å². The van der Waals surface area contributed by atoms with Gasteiger partial charge in [-0.15, -0.1) is 0 Å². The molecule has 0 unspecified atom stereocenters. The molecular formula is C13H15BrN2O2. The molecule has 0 saturated carbocycles. The van der Waals surface area contributed by atoms with Crippen LogP contribution in [0.2, 0.25) is 0 Å². The van der Waals surface area contributed by atoms with Gasteiger partial charge in [0, 0.05) is 10.4 Å². The first-order valence-corrected chi connectivity index (χ1v) is 6.57. The lowest BCUT2D eigenvalue weighted by Gasteiger charge is -2.06. The summed E-state index contributed by atoms with van der Waals surface area (Å²) in [6.07, 6.45) is 0. The maximum atomic E-state index is 5.67. The second kappa shape index (κ2) is 5.52. The van der Waals surface area contributed by atoms with Crippen LogP contribution in [0.15, 0.2) is 27.2 Å². The third-order valence-electron chi connectivity index (χ3n) is 2.50. The molecule has 0 amide bonds. The smallest absolute Gasteiger partial charge is 0.264 e. The summed E-state index contributed by atoms with van der Waals surface area (Å²) in [6.45, 7) is 6.33. The van der Waals surface area contributed by atoms with Gasteiger partial charge in [-0.1, -0.05) is 41.0 Å². The van der Waals surface area contributed by atoms with Gasteiger partial charge >= 0.3 is 0 Å². The minimum absolute atomic E-state index is 0.259. The lowest BCUT2D eigenvalue weighted by atomic mass is 10.2. The molecule has 0 atom stereocenters. The van der Waals surface area contributed by atoms with Crippen molar-refractivity contribution in [3.05, 3.63) is 40.0 Å². The van der Waals surface area contributed by atoms with Gasteiger partial charge in [-0.2, -0.15) is 4.98 Å². The van der Waals surface area contributed by atoms with Crippen molar-refractivity contribution in [1.82, 2.24) is 10.1 Å². The summed E-state index contributed by atoms with van der Waals surface area (Å²) >= 11 is 3.41. The molecule has 0 aliphatic carbocycles. The molecule has 0 bridgehead atoms. The van der Waals surface area contributed by atoms with Crippen molar-refractivity contribution >= 4 is 15.9 Å². The Morgan fingerprint density at radius 2 is 2.17 bits per heavy atom. The van der Waals surface area contributed by atoms with Gasteiger partial charge < -0.3 is 9.26 Å². The number of benzene rings is 1. The van der Waals surface area contributed by atoms with E-state index in [-0.39, 0.29) is 12.5 Å². The molecule has 1 heterocycles. The summed E-state index contributed by atoms with van der Waals surface area (Å²) < 4.78 is 11.8. The number of hydrogen-bond acceptors (Lipinski definition) is 4. The first-order chi connectivity index (χ1) is 8.56. The van der Waals surface area contributed by atoms with E-state index in [0.29, 0.717) is 11.7 Å².